The Hall–Kier alpha value is -2.01. The SMILES string of the molecule is Cc1ccc(C)c(C(C)NC(=S)Nc2ccc(F)cc2F)c1. The second kappa shape index (κ2) is 6.83. The van der Waals surface area contributed by atoms with E-state index in [0.717, 1.165) is 22.8 Å². The van der Waals surface area contributed by atoms with Crippen molar-refractivity contribution in [2.24, 2.45) is 0 Å². The third-order valence-electron chi connectivity index (χ3n) is 3.43. The first kappa shape index (κ1) is 16.4. The van der Waals surface area contributed by atoms with Crippen molar-refractivity contribution in [3.05, 3.63) is 64.7 Å². The first-order valence-electron chi connectivity index (χ1n) is 6.96. The average molecular weight is 320 g/mol. The molecule has 2 aromatic carbocycles. The summed E-state index contributed by atoms with van der Waals surface area (Å²) < 4.78 is 26.5. The zero-order chi connectivity index (χ0) is 16.3. The van der Waals surface area contributed by atoms with E-state index in [1.807, 2.05) is 20.8 Å². The van der Waals surface area contributed by atoms with E-state index < -0.39 is 11.6 Å². The highest BCUT2D eigenvalue weighted by molar-refractivity contribution is 7.80. The third-order valence-corrected chi connectivity index (χ3v) is 3.65. The Labute approximate surface area is 134 Å². The van der Waals surface area contributed by atoms with Crippen molar-refractivity contribution in [3.8, 4) is 0 Å². The number of rotatable bonds is 3. The van der Waals surface area contributed by atoms with Gasteiger partial charge in [-0.05, 0) is 56.2 Å². The zero-order valence-electron chi connectivity index (χ0n) is 12.7. The molecule has 0 spiro atoms. The van der Waals surface area contributed by atoms with Crippen LogP contribution >= 0.6 is 12.2 Å². The summed E-state index contributed by atoms with van der Waals surface area (Å²) in [6.45, 7) is 6.04. The summed E-state index contributed by atoms with van der Waals surface area (Å²) in [5, 5.41) is 6.16. The second-order valence-corrected chi connectivity index (χ2v) is 5.71. The van der Waals surface area contributed by atoms with Gasteiger partial charge in [0, 0.05) is 6.07 Å². The lowest BCUT2D eigenvalue weighted by atomic mass is 10.0. The highest BCUT2D eigenvalue weighted by Crippen LogP contribution is 2.20. The predicted octanol–water partition coefficient (Wildman–Crippen LogP) is 4.63. The molecule has 5 heteroatoms. The summed E-state index contributed by atoms with van der Waals surface area (Å²) in [6.07, 6.45) is 0. The maximum Gasteiger partial charge on any atom is 0.171 e. The molecular formula is C17H18F2N2S. The van der Waals surface area contributed by atoms with E-state index in [1.54, 1.807) is 0 Å². The van der Waals surface area contributed by atoms with E-state index in [2.05, 4.69) is 28.8 Å². The first-order valence-corrected chi connectivity index (χ1v) is 7.37. The van der Waals surface area contributed by atoms with Crippen LogP contribution in [0.25, 0.3) is 0 Å². The molecule has 0 saturated carbocycles. The van der Waals surface area contributed by atoms with E-state index in [9.17, 15) is 8.78 Å². The van der Waals surface area contributed by atoms with Crippen LogP contribution in [0.1, 0.15) is 29.7 Å². The lowest BCUT2D eigenvalue weighted by molar-refractivity contribution is 0.586. The van der Waals surface area contributed by atoms with Crippen molar-refractivity contribution in [3.63, 3.8) is 0 Å². The van der Waals surface area contributed by atoms with Crippen LogP contribution in [0.3, 0.4) is 0 Å². The Kier molecular flexibility index (Phi) is 5.08. The smallest absolute Gasteiger partial charge is 0.171 e. The number of hydrogen-bond acceptors (Lipinski definition) is 1. The van der Waals surface area contributed by atoms with Gasteiger partial charge in [0.05, 0.1) is 11.7 Å². The van der Waals surface area contributed by atoms with Gasteiger partial charge < -0.3 is 10.6 Å². The van der Waals surface area contributed by atoms with Gasteiger partial charge in [0.2, 0.25) is 0 Å². The standard InChI is InChI=1S/C17H18F2N2S/c1-10-4-5-11(2)14(8-10)12(3)20-17(22)21-16-7-6-13(18)9-15(16)19/h4-9,12H,1-3H3,(H2,20,21,22). The fourth-order valence-corrected chi connectivity index (χ4v) is 2.54. The van der Waals surface area contributed by atoms with Gasteiger partial charge in [-0.25, -0.2) is 8.78 Å². The molecular weight excluding hydrogens is 302 g/mol. The summed E-state index contributed by atoms with van der Waals surface area (Å²) in [6, 6.07) is 9.49. The van der Waals surface area contributed by atoms with E-state index in [4.69, 9.17) is 12.2 Å². The molecule has 1 atom stereocenters. The van der Waals surface area contributed by atoms with Gasteiger partial charge in [-0.2, -0.15) is 0 Å². The second-order valence-electron chi connectivity index (χ2n) is 5.30. The molecule has 0 aliphatic heterocycles. The largest absolute Gasteiger partial charge is 0.356 e. The molecule has 0 saturated heterocycles. The molecule has 0 radical (unpaired) electrons. The Bertz CT molecular complexity index is 701. The molecule has 0 fully saturated rings. The lowest BCUT2D eigenvalue weighted by Crippen LogP contribution is -2.31. The Morgan fingerprint density at radius 1 is 1.09 bits per heavy atom. The summed E-state index contributed by atoms with van der Waals surface area (Å²) in [5.74, 6) is -1.30. The molecule has 2 N–H and O–H groups in total. The van der Waals surface area contributed by atoms with Crippen LogP contribution in [0.5, 0.6) is 0 Å². The first-order chi connectivity index (χ1) is 10.4. The van der Waals surface area contributed by atoms with Gasteiger partial charge in [0.1, 0.15) is 11.6 Å². The topological polar surface area (TPSA) is 24.1 Å². The van der Waals surface area contributed by atoms with Crippen LogP contribution in [0.4, 0.5) is 14.5 Å². The van der Waals surface area contributed by atoms with E-state index in [1.165, 1.54) is 12.1 Å². The minimum atomic E-state index is -0.677. The number of anilines is 1. The van der Waals surface area contributed by atoms with Crippen molar-refractivity contribution in [2.75, 3.05) is 5.32 Å². The molecule has 2 nitrogen and oxygen atoms in total. The highest BCUT2D eigenvalue weighted by atomic mass is 32.1. The zero-order valence-corrected chi connectivity index (χ0v) is 13.5. The van der Waals surface area contributed by atoms with Crippen LogP contribution in [-0.4, -0.2) is 5.11 Å². The molecule has 1 unspecified atom stereocenters. The van der Waals surface area contributed by atoms with Gasteiger partial charge in [0.15, 0.2) is 5.11 Å². The fourth-order valence-electron chi connectivity index (χ4n) is 2.25. The van der Waals surface area contributed by atoms with Crippen LogP contribution in [0.2, 0.25) is 0 Å². The Morgan fingerprint density at radius 3 is 2.50 bits per heavy atom. The van der Waals surface area contributed by atoms with E-state index in [-0.39, 0.29) is 11.7 Å². The molecule has 0 heterocycles. The van der Waals surface area contributed by atoms with E-state index in [0.29, 0.717) is 5.11 Å². The molecule has 0 amide bonds. The molecule has 2 rings (SSSR count). The molecule has 0 aliphatic rings. The number of hydrogen-bond donors (Lipinski definition) is 2. The number of nitrogens with one attached hydrogen (secondary N) is 2. The van der Waals surface area contributed by atoms with Crippen molar-refractivity contribution >= 4 is 23.0 Å². The maximum atomic E-state index is 13.6. The van der Waals surface area contributed by atoms with Crippen molar-refractivity contribution in [1.82, 2.24) is 5.32 Å². The van der Waals surface area contributed by atoms with Crippen molar-refractivity contribution in [2.45, 2.75) is 26.8 Å². The van der Waals surface area contributed by atoms with Gasteiger partial charge in [0.25, 0.3) is 0 Å². The molecule has 0 bridgehead atoms. The number of thiocarbonyl (C=S) groups is 1. The fraction of sp³-hybridized carbons (Fsp3) is 0.235. The van der Waals surface area contributed by atoms with Gasteiger partial charge >= 0.3 is 0 Å². The van der Waals surface area contributed by atoms with Crippen LogP contribution in [0.15, 0.2) is 36.4 Å². The van der Waals surface area contributed by atoms with Gasteiger partial charge in [-0.3, -0.25) is 0 Å². The number of benzene rings is 2. The molecule has 2 aromatic rings. The van der Waals surface area contributed by atoms with Gasteiger partial charge in [-0.15, -0.1) is 0 Å². The maximum absolute atomic E-state index is 13.6. The summed E-state index contributed by atoms with van der Waals surface area (Å²) in [7, 11) is 0. The quantitative estimate of drug-likeness (QED) is 0.806. The van der Waals surface area contributed by atoms with E-state index >= 15 is 0 Å². The Morgan fingerprint density at radius 2 is 1.82 bits per heavy atom. The van der Waals surface area contributed by atoms with Crippen LogP contribution < -0.4 is 10.6 Å². The van der Waals surface area contributed by atoms with Crippen LogP contribution in [0, 0.1) is 25.5 Å². The third kappa shape index (κ3) is 4.01. The predicted molar refractivity (Wildman–Crippen MR) is 90.0 cm³/mol. The molecule has 22 heavy (non-hydrogen) atoms. The van der Waals surface area contributed by atoms with Crippen molar-refractivity contribution < 1.29 is 8.78 Å². The number of aryl methyl sites for hydroxylation is 2. The van der Waals surface area contributed by atoms with Crippen molar-refractivity contribution in [1.29, 1.82) is 0 Å². The monoisotopic (exact) mass is 320 g/mol. The molecule has 0 aromatic heterocycles. The molecule has 0 aliphatic carbocycles. The lowest BCUT2D eigenvalue weighted by Gasteiger charge is -2.20. The minimum absolute atomic E-state index is 0.0246. The summed E-state index contributed by atoms with van der Waals surface area (Å²) >= 11 is 5.20. The minimum Gasteiger partial charge on any atom is -0.356 e. The normalized spacial score (nSPS) is 11.9. The highest BCUT2D eigenvalue weighted by Gasteiger charge is 2.11. The summed E-state index contributed by atoms with van der Waals surface area (Å²) in [4.78, 5) is 0. The number of halogens is 2. The Balaban J connectivity index is 2.06. The van der Waals surface area contributed by atoms with Crippen LogP contribution in [-0.2, 0) is 0 Å². The molecule has 116 valence electrons. The average Bonchev–Trinajstić information content (AvgIpc) is 2.44. The summed E-state index contributed by atoms with van der Waals surface area (Å²) in [5.41, 5.74) is 3.59. The van der Waals surface area contributed by atoms with Gasteiger partial charge in [-0.1, -0.05) is 23.8 Å².